The summed E-state index contributed by atoms with van der Waals surface area (Å²) >= 11 is 5.43. The zero-order valence-electron chi connectivity index (χ0n) is 9.76. The maximum atomic E-state index is 8.44. The number of rotatable bonds is 2. The fourth-order valence-corrected chi connectivity index (χ4v) is 0.583. The van der Waals surface area contributed by atoms with Gasteiger partial charge in [0, 0.05) is 5.03 Å². The van der Waals surface area contributed by atoms with E-state index in [0.29, 0.717) is 10.6 Å². The van der Waals surface area contributed by atoms with E-state index in [4.69, 9.17) is 16.9 Å². The Morgan fingerprint density at radius 3 is 1.93 bits per heavy atom. The first kappa shape index (κ1) is 18.7. The standard InChI is InChI=1S/C8H8ClN.2C2H6/c1-3-4-8(6-10)5-7(2)9;2*1-2/h3-5H,2H2,1H3;2*1-2H3/b4-3-,8-5+;;. The smallest absolute Gasteiger partial charge is 0.0992 e. The lowest BCUT2D eigenvalue weighted by Crippen LogP contribution is -1.69. The molecule has 2 heteroatoms. The Bertz CT molecular complexity index is 219. The molecule has 80 valence electrons. The molecule has 1 nitrogen and oxygen atoms in total. The van der Waals surface area contributed by atoms with E-state index < -0.39 is 0 Å². The molecule has 0 atom stereocenters. The van der Waals surface area contributed by atoms with Crippen LogP contribution < -0.4 is 0 Å². The van der Waals surface area contributed by atoms with Crippen molar-refractivity contribution in [3.63, 3.8) is 0 Å². The van der Waals surface area contributed by atoms with Crippen molar-refractivity contribution >= 4 is 11.6 Å². The highest BCUT2D eigenvalue weighted by Gasteiger charge is 1.86. The summed E-state index contributed by atoms with van der Waals surface area (Å²) in [6.45, 7) is 13.3. The second kappa shape index (κ2) is 17.9. The summed E-state index contributed by atoms with van der Waals surface area (Å²) in [6, 6.07) is 1.96. The topological polar surface area (TPSA) is 23.8 Å². The van der Waals surface area contributed by atoms with Gasteiger partial charge in [0.25, 0.3) is 0 Å². The molecule has 0 rings (SSSR count). The van der Waals surface area contributed by atoms with E-state index in [9.17, 15) is 0 Å². The van der Waals surface area contributed by atoms with Crippen LogP contribution in [0.25, 0.3) is 0 Å². The minimum Gasteiger partial charge on any atom is -0.192 e. The second-order valence-electron chi connectivity index (χ2n) is 1.66. The van der Waals surface area contributed by atoms with E-state index in [1.54, 1.807) is 12.2 Å². The van der Waals surface area contributed by atoms with Crippen molar-refractivity contribution in [2.45, 2.75) is 34.6 Å². The lowest BCUT2D eigenvalue weighted by molar-refractivity contribution is 1.49. The number of nitriles is 1. The van der Waals surface area contributed by atoms with Crippen molar-refractivity contribution in [3.05, 3.63) is 35.4 Å². The maximum Gasteiger partial charge on any atom is 0.0992 e. The number of nitrogens with zero attached hydrogens (tertiary/aromatic N) is 1. The fourth-order valence-electron chi connectivity index (χ4n) is 0.466. The van der Waals surface area contributed by atoms with Gasteiger partial charge >= 0.3 is 0 Å². The van der Waals surface area contributed by atoms with Crippen molar-refractivity contribution in [1.82, 2.24) is 0 Å². The van der Waals surface area contributed by atoms with Crippen molar-refractivity contribution in [1.29, 1.82) is 5.26 Å². The summed E-state index contributed by atoms with van der Waals surface area (Å²) in [4.78, 5) is 0. The summed E-state index contributed by atoms with van der Waals surface area (Å²) in [5, 5.41) is 8.81. The fraction of sp³-hybridized carbons (Fsp3) is 0.417. The van der Waals surface area contributed by atoms with Crippen LogP contribution in [0.5, 0.6) is 0 Å². The minimum absolute atomic E-state index is 0.370. The van der Waals surface area contributed by atoms with Gasteiger partial charge in [-0.3, -0.25) is 0 Å². The first-order valence-electron chi connectivity index (χ1n) is 4.79. The molecule has 0 saturated heterocycles. The van der Waals surface area contributed by atoms with Crippen LogP contribution in [0.2, 0.25) is 0 Å². The number of hydrogen-bond donors (Lipinski definition) is 0. The molecule has 0 aromatic heterocycles. The molecule has 0 fully saturated rings. The third kappa shape index (κ3) is 17.2. The van der Waals surface area contributed by atoms with Crippen LogP contribution in [-0.4, -0.2) is 0 Å². The van der Waals surface area contributed by atoms with Gasteiger partial charge in [-0.2, -0.15) is 5.26 Å². The van der Waals surface area contributed by atoms with Gasteiger partial charge < -0.3 is 0 Å². The monoisotopic (exact) mass is 213 g/mol. The third-order valence-corrected chi connectivity index (χ3v) is 0.897. The van der Waals surface area contributed by atoms with E-state index in [1.165, 1.54) is 6.08 Å². The van der Waals surface area contributed by atoms with Gasteiger partial charge in [-0.25, -0.2) is 0 Å². The van der Waals surface area contributed by atoms with Crippen molar-refractivity contribution < 1.29 is 0 Å². The second-order valence-corrected chi connectivity index (χ2v) is 2.14. The van der Waals surface area contributed by atoms with Crippen LogP contribution in [0.15, 0.2) is 35.4 Å². The largest absolute Gasteiger partial charge is 0.192 e. The minimum atomic E-state index is 0.370. The lowest BCUT2D eigenvalue weighted by Gasteiger charge is -1.84. The predicted octanol–water partition coefficient (Wildman–Crippen LogP) is 4.82. The number of hydrogen-bond acceptors (Lipinski definition) is 1. The van der Waals surface area contributed by atoms with Gasteiger partial charge in [-0.15, -0.1) is 0 Å². The van der Waals surface area contributed by atoms with Gasteiger partial charge in [0.1, 0.15) is 0 Å². The Labute approximate surface area is 93.4 Å². The molecule has 0 amide bonds. The number of halogens is 1. The van der Waals surface area contributed by atoms with Gasteiger partial charge in [0.05, 0.1) is 11.6 Å². The van der Waals surface area contributed by atoms with Crippen LogP contribution >= 0.6 is 11.6 Å². The van der Waals surface area contributed by atoms with Crippen LogP contribution in [0.1, 0.15) is 34.6 Å². The van der Waals surface area contributed by atoms with Crippen LogP contribution in [0, 0.1) is 11.3 Å². The Morgan fingerprint density at radius 2 is 1.71 bits per heavy atom. The molecule has 0 aromatic rings. The Hall–Kier alpha value is -1.00. The molecule has 0 unspecified atom stereocenters. The molecule has 0 radical (unpaired) electrons. The Balaban J connectivity index is -0.000000266. The molecule has 0 aliphatic rings. The van der Waals surface area contributed by atoms with Gasteiger partial charge in [-0.05, 0) is 19.1 Å². The predicted molar refractivity (Wildman–Crippen MR) is 66.2 cm³/mol. The van der Waals surface area contributed by atoms with E-state index >= 15 is 0 Å². The molecule has 0 aliphatic carbocycles. The van der Waals surface area contributed by atoms with Crippen molar-refractivity contribution in [2.24, 2.45) is 0 Å². The van der Waals surface area contributed by atoms with Crippen LogP contribution in [0.3, 0.4) is 0 Å². The zero-order chi connectivity index (χ0) is 12.0. The maximum absolute atomic E-state index is 8.44. The van der Waals surface area contributed by atoms with E-state index in [2.05, 4.69) is 6.58 Å². The summed E-state index contributed by atoms with van der Waals surface area (Å²) in [6.07, 6.45) is 4.96. The first-order valence-corrected chi connectivity index (χ1v) is 5.17. The van der Waals surface area contributed by atoms with E-state index in [-0.39, 0.29) is 0 Å². The SMILES string of the molecule is C=C(Cl)/C=C(C#N)\C=C/C.CC.CC. The quantitative estimate of drug-likeness (QED) is 0.477. The van der Waals surface area contributed by atoms with E-state index in [1.807, 2.05) is 40.7 Å². The summed E-state index contributed by atoms with van der Waals surface area (Å²) in [5.41, 5.74) is 0.516. The molecule has 0 bridgehead atoms. The average Bonchev–Trinajstić information content (AvgIpc) is 2.22. The van der Waals surface area contributed by atoms with E-state index in [0.717, 1.165) is 0 Å². The molecular formula is C12H20ClN. The molecule has 0 N–H and O–H groups in total. The number of allylic oxidation sites excluding steroid dienone is 5. The summed E-state index contributed by atoms with van der Waals surface area (Å²) < 4.78 is 0. The normalized spacial score (nSPS) is 9.07. The molecule has 14 heavy (non-hydrogen) atoms. The van der Waals surface area contributed by atoms with Gasteiger partial charge in [0.2, 0.25) is 0 Å². The highest BCUT2D eigenvalue weighted by Crippen LogP contribution is 2.04. The molecule has 0 aromatic carbocycles. The van der Waals surface area contributed by atoms with Crippen molar-refractivity contribution in [3.8, 4) is 6.07 Å². The zero-order valence-corrected chi connectivity index (χ0v) is 10.5. The summed E-state index contributed by atoms with van der Waals surface area (Å²) in [7, 11) is 0. The Kier molecular flexibility index (Phi) is 24.0. The Morgan fingerprint density at radius 1 is 1.29 bits per heavy atom. The van der Waals surface area contributed by atoms with Gasteiger partial charge in [0.15, 0.2) is 0 Å². The van der Waals surface area contributed by atoms with Crippen LogP contribution in [-0.2, 0) is 0 Å². The molecule has 0 saturated carbocycles. The third-order valence-electron chi connectivity index (χ3n) is 0.787. The first-order chi connectivity index (χ1) is 6.70. The van der Waals surface area contributed by atoms with Gasteiger partial charge in [-0.1, -0.05) is 52.0 Å². The molecule has 0 aliphatic heterocycles. The summed E-state index contributed by atoms with van der Waals surface area (Å²) in [5.74, 6) is 0. The van der Waals surface area contributed by atoms with Crippen LogP contribution in [0.4, 0.5) is 0 Å². The molecule has 0 spiro atoms. The highest BCUT2D eigenvalue weighted by molar-refractivity contribution is 6.30. The highest BCUT2D eigenvalue weighted by atomic mass is 35.5. The van der Waals surface area contributed by atoms with Crippen molar-refractivity contribution in [2.75, 3.05) is 0 Å². The lowest BCUT2D eigenvalue weighted by atomic mass is 10.2. The molecule has 0 heterocycles. The molecular weight excluding hydrogens is 194 g/mol. The average molecular weight is 214 g/mol.